The van der Waals surface area contributed by atoms with Gasteiger partial charge in [0, 0.05) is 10.7 Å². The third kappa shape index (κ3) is 5.70. The number of imide groups is 2. The fraction of sp³-hybridized carbons (Fsp3) is 0.143. The van der Waals surface area contributed by atoms with Crippen molar-refractivity contribution in [3.8, 4) is 5.75 Å². The highest BCUT2D eigenvalue weighted by Crippen LogP contribution is 2.29. The summed E-state index contributed by atoms with van der Waals surface area (Å²) in [5, 5.41) is 5.39. The zero-order chi connectivity index (χ0) is 26.7. The highest BCUT2D eigenvalue weighted by atomic mass is 35.5. The lowest BCUT2D eigenvalue weighted by atomic mass is 10.1. The topological polar surface area (TPSA) is 105 Å². The van der Waals surface area contributed by atoms with Crippen LogP contribution in [0.15, 0.2) is 66.2 Å². The minimum Gasteiger partial charge on any atom is -0.484 e. The van der Waals surface area contributed by atoms with E-state index in [1.165, 1.54) is 6.08 Å². The van der Waals surface area contributed by atoms with E-state index in [1.807, 2.05) is 32.0 Å². The first-order chi connectivity index (χ1) is 17.6. The zero-order valence-corrected chi connectivity index (χ0v) is 21.2. The minimum absolute atomic E-state index is 0.233. The normalized spacial score (nSPS) is 14.5. The number of benzene rings is 3. The van der Waals surface area contributed by atoms with Crippen LogP contribution in [-0.4, -0.2) is 30.4 Å². The van der Waals surface area contributed by atoms with Crippen LogP contribution in [0.25, 0.3) is 6.08 Å². The number of ether oxygens (including phenoxy) is 1. The molecule has 0 spiro atoms. The summed E-state index contributed by atoms with van der Waals surface area (Å²) >= 11 is 6.16. The van der Waals surface area contributed by atoms with Crippen LogP contribution < -0.4 is 20.3 Å². The van der Waals surface area contributed by atoms with Crippen molar-refractivity contribution in [2.45, 2.75) is 20.8 Å². The molecule has 0 unspecified atom stereocenters. The maximum absolute atomic E-state index is 13.2. The van der Waals surface area contributed by atoms with E-state index in [0.717, 1.165) is 16.0 Å². The average Bonchev–Trinajstić information content (AvgIpc) is 2.85. The van der Waals surface area contributed by atoms with Crippen molar-refractivity contribution in [3.63, 3.8) is 0 Å². The summed E-state index contributed by atoms with van der Waals surface area (Å²) in [4.78, 5) is 51.4. The fourth-order valence-electron chi connectivity index (χ4n) is 3.86. The van der Waals surface area contributed by atoms with Crippen molar-refractivity contribution in [3.05, 3.63) is 93.5 Å². The Balaban J connectivity index is 1.50. The zero-order valence-electron chi connectivity index (χ0n) is 20.4. The van der Waals surface area contributed by atoms with E-state index in [2.05, 4.69) is 10.6 Å². The lowest BCUT2D eigenvalue weighted by Crippen LogP contribution is -2.54. The maximum Gasteiger partial charge on any atom is 0.335 e. The van der Waals surface area contributed by atoms with Crippen molar-refractivity contribution in [1.29, 1.82) is 0 Å². The third-order valence-electron chi connectivity index (χ3n) is 5.78. The van der Waals surface area contributed by atoms with Crippen LogP contribution in [0.2, 0.25) is 5.02 Å². The molecule has 3 aromatic carbocycles. The summed E-state index contributed by atoms with van der Waals surface area (Å²) in [6.45, 7) is 5.33. The number of rotatable bonds is 6. The summed E-state index contributed by atoms with van der Waals surface area (Å²) < 4.78 is 5.62. The molecule has 0 saturated carbocycles. The molecule has 2 N–H and O–H groups in total. The standard InChI is InChI=1S/C28H24ClN3O5/c1-16-10-11-23(17(2)12-16)30-25(33)15-37-20-7-4-6-19(13-20)14-21-26(34)31-28(36)32(27(21)35)24-9-5-8-22(29)18(24)3/h4-14H,15H2,1-3H3,(H,30,33)(H,31,34,36)/b21-14-. The summed E-state index contributed by atoms with van der Waals surface area (Å²) in [6, 6.07) is 16.3. The molecule has 0 bridgehead atoms. The number of barbiturate groups is 1. The first kappa shape index (κ1) is 25.7. The Kier molecular flexibility index (Phi) is 7.40. The molecule has 0 aliphatic carbocycles. The number of hydrogen-bond donors (Lipinski definition) is 2. The SMILES string of the molecule is Cc1ccc(NC(=O)COc2cccc(/C=C3/C(=O)NC(=O)N(c4cccc(Cl)c4C)C3=O)c2)c(C)c1. The van der Waals surface area contributed by atoms with E-state index in [0.29, 0.717) is 27.6 Å². The monoisotopic (exact) mass is 517 g/mol. The molecular formula is C28H24ClN3O5. The Labute approximate surface area is 218 Å². The number of carbonyl (C=O) groups excluding carboxylic acids is 4. The molecule has 8 nitrogen and oxygen atoms in total. The Morgan fingerprint density at radius 3 is 2.54 bits per heavy atom. The Hall–Kier alpha value is -4.43. The number of amides is 5. The second kappa shape index (κ2) is 10.7. The number of hydrogen-bond acceptors (Lipinski definition) is 5. The molecule has 0 atom stereocenters. The van der Waals surface area contributed by atoms with Gasteiger partial charge in [0.25, 0.3) is 17.7 Å². The van der Waals surface area contributed by atoms with Gasteiger partial charge in [-0.3, -0.25) is 19.7 Å². The predicted octanol–water partition coefficient (Wildman–Crippen LogP) is 4.95. The predicted molar refractivity (Wildman–Crippen MR) is 142 cm³/mol. The molecule has 1 heterocycles. The Bertz CT molecular complexity index is 1460. The lowest BCUT2D eigenvalue weighted by Gasteiger charge is -2.27. The summed E-state index contributed by atoms with van der Waals surface area (Å²) in [7, 11) is 0. The van der Waals surface area contributed by atoms with Gasteiger partial charge in [0.1, 0.15) is 11.3 Å². The van der Waals surface area contributed by atoms with Crippen LogP contribution in [0.1, 0.15) is 22.3 Å². The van der Waals surface area contributed by atoms with Crippen molar-refractivity contribution in [2.75, 3.05) is 16.8 Å². The molecule has 5 amide bonds. The van der Waals surface area contributed by atoms with Crippen LogP contribution >= 0.6 is 11.6 Å². The average molecular weight is 518 g/mol. The minimum atomic E-state index is -0.857. The van der Waals surface area contributed by atoms with Gasteiger partial charge in [-0.15, -0.1) is 0 Å². The first-order valence-electron chi connectivity index (χ1n) is 11.4. The van der Waals surface area contributed by atoms with Gasteiger partial charge in [-0.1, -0.05) is 47.5 Å². The molecule has 1 aliphatic rings. The number of nitrogens with zero attached hydrogens (tertiary/aromatic N) is 1. The first-order valence-corrected chi connectivity index (χ1v) is 11.8. The van der Waals surface area contributed by atoms with Crippen LogP contribution in [0.5, 0.6) is 5.75 Å². The van der Waals surface area contributed by atoms with E-state index in [4.69, 9.17) is 16.3 Å². The van der Waals surface area contributed by atoms with Crippen molar-refractivity contribution >= 4 is 52.8 Å². The summed E-state index contributed by atoms with van der Waals surface area (Å²) in [5.41, 5.74) is 3.78. The molecule has 4 rings (SSSR count). The quantitative estimate of drug-likeness (QED) is 0.355. The van der Waals surface area contributed by atoms with Crippen LogP contribution in [-0.2, 0) is 14.4 Å². The molecule has 1 saturated heterocycles. The molecule has 37 heavy (non-hydrogen) atoms. The second-order valence-electron chi connectivity index (χ2n) is 8.57. The number of aryl methyl sites for hydroxylation is 2. The van der Waals surface area contributed by atoms with Gasteiger partial charge in [-0.25, -0.2) is 9.69 Å². The van der Waals surface area contributed by atoms with Gasteiger partial charge in [0.15, 0.2) is 6.61 Å². The smallest absolute Gasteiger partial charge is 0.335 e. The number of nitrogens with one attached hydrogen (secondary N) is 2. The van der Waals surface area contributed by atoms with E-state index >= 15 is 0 Å². The van der Waals surface area contributed by atoms with Gasteiger partial charge in [0.05, 0.1) is 5.69 Å². The number of urea groups is 1. The van der Waals surface area contributed by atoms with Crippen LogP contribution in [0.4, 0.5) is 16.2 Å². The van der Waals surface area contributed by atoms with Crippen molar-refractivity contribution < 1.29 is 23.9 Å². The van der Waals surface area contributed by atoms with E-state index < -0.39 is 17.8 Å². The van der Waals surface area contributed by atoms with Gasteiger partial charge in [-0.2, -0.15) is 0 Å². The van der Waals surface area contributed by atoms with Crippen LogP contribution in [0, 0.1) is 20.8 Å². The third-order valence-corrected chi connectivity index (χ3v) is 6.19. The largest absolute Gasteiger partial charge is 0.484 e. The molecule has 1 fully saturated rings. The van der Waals surface area contributed by atoms with E-state index in [-0.39, 0.29) is 23.8 Å². The van der Waals surface area contributed by atoms with E-state index in [9.17, 15) is 19.2 Å². The van der Waals surface area contributed by atoms with Gasteiger partial charge < -0.3 is 10.1 Å². The second-order valence-corrected chi connectivity index (χ2v) is 8.98. The summed E-state index contributed by atoms with van der Waals surface area (Å²) in [5.74, 6) is -1.56. The molecule has 3 aromatic rings. The molecule has 9 heteroatoms. The molecule has 1 aliphatic heterocycles. The Morgan fingerprint density at radius 2 is 1.78 bits per heavy atom. The number of halogens is 1. The molecular weight excluding hydrogens is 494 g/mol. The van der Waals surface area contributed by atoms with Gasteiger partial charge in [-0.05, 0) is 73.9 Å². The Morgan fingerprint density at radius 1 is 1.03 bits per heavy atom. The van der Waals surface area contributed by atoms with Crippen LogP contribution in [0.3, 0.4) is 0 Å². The maximum atomic E-state index is 13.2. The van der Waals surface area contributed by atoms with Gasteiger partial charge in [0.2, 0.25) is 0 Å². The number of carbonyl (C=O) groups is 4. The van der Waals surface area contributed by atoms with Crippen molar-refractivity contribution in [2.24, 2.45) is 0 Å². The van der Waals surface area contributed by atoms with Gasteiger partial charge >= 0.3 is 6.03 Å². The van der Waals surface area contributed by atoms with Crippen molar-refractivity contribution in [1.82, 2.24) is 5.32 Å². The highest BCUT2D eigenvalue weighted by Gasteiger charge is 2.37. The molecule has 0 radical (unpaired) electrons. The fourth-order valence-corrected chi connectivity index (χ4v) is 4.03. The molecule has 0 aromatic heterocycles. The highest BCUT2D eigenvalue weighted by molar-refractivity contribution is 6.40. The summed E-state index contributed by atoms with van der Waals surface area (Å²) in [6.07, 6.45) is 1.36. The van der Waals surface area contributed by atoms with E-state index in [1.54, 1.807) is 49.4 Å². The molecule has 188 valence electrons. The lowest BCUT2D eigenvalue weighted by molar-refractivity contribution is -0.122. The number of anilines is 2.